The van der Waals surface area contributed by atoms with Crippen molar-refractivity contribution in [2.24, 2.45) is 4.99 Å². The zero-order chi connectivity index (χ0) is 16.9. The van der Waals surface area contributed by atoms with Crippen LogP contribution in [0.25, 0.3) is 6.08 Å². The van der Waals surface area contributed by atoms with E-state index < -0.39 is 5.97 Å². The zero-order valence-electron chi connectivity index (χ0n) is 13.6. The standard InChI is InChI=1S/C20H18N2O2/c1-22(2)17-13-11-15(12-14-17)7-6-10-18-20(23)24-19(21-18)16-8-4-3-5-9-16/h3-14H,1-2H3/b7-6+,18-10-. The van der Waals surface area contributed by atoms with Crippen LogP contribution in [0.15, 0.2) is 77.4 Å². The first-order chi connectivity index (χ1) is 11.6. The molecule has 1 aliphatic rings. The van der Waals surface area contributed by atoms with Crippen molar-refractivity contribution in [3.63, 3.8) is 0 Å². The molecular formula is C20H18N2O2. The smallest absolute Gasteiger partial charge is 0.363 e. The highest BCUT2D eigenvalue weighted by atomic mass is 16.6. The van der Waals surface area contributed by atoms with Crippen molar-refractivity contribution < 1.29 is 9.53 Å². The van der Waals surface area contributed by atoms with Crippen molar-refractivity contribution in [3.05, 3.63) is 83.6 Å². The Kier molecular flexibility index (Phi) is 4.57. The molecule has 0 atom stereocenters. The normalized spacial score (nSPS) is 15.7. The van der Waals surface area contributed by atoms with E-state index in [1.54, 1.807) is 12.2 Å². The number of esters is 1. The Morgan fingerprint density at radius 1 is 1.00 bits per heavy atom. The van der Waals surface area contributed by atoms with Gasteiger partial charge in [0.2, 0.25) is 5.90 Å². The van der Waals surface area contributed by atoms with Crippen LogP contribution in [0.5, 0.6) is 0 Å². The minimum atomic E-state index is -0.429. The van der Waals surface area contributed by atoms with Gasteiger partial charge in [-0.1, -0.05) is 42.5 Å². The van der Waals surface area contributed by atoms with Crippen LogP contribution in [-0.2, 0) is 9.53 Å². The molecule has 0 bridgehead atoms. The second kappa shape index (κ2) is 6.96. The van der Waals surface area contributed by atoms with Gasteiger partial charge in [-0.05, 0) is 35.9 Å². The number of carbonyl (C=O) groups excluding carboxylic acids is 1. The summed E-state index contributed by atoms with van der Waals surface area (Å²) < 4.78 is 5.21. The highest BCUT2D eigenvalue weighted by Gasteiger charge is 2.23. The van der Waals surface area contributed by atoms with Crippen molar-refractivity contribution >= 4 is 23.6 Å². The van der Waals surface area contributed by atoms with E-state index in [1.165, 1.54) is 0 Å². The number of carbonyl (C=O) groups is 1. The SMILES string of the molecule is CN(C)c1ccc(/C=C/C=C2\N=C(c3ccccc3)OC2=O)cc1. The Balaban J connectivity index is 1.74. The fourth-order valence-corrected chi connectivity index (χ4v) is 2.26. The van der Waals surface area contributed by atoms with Gasteiger partial charge in [0.15, 0.2) is 5.70 Å². The second-order valence-electron chi connectivity index (χ2n) is 5.57. The van der Waals surface area contributed by atoms with E-state index in [-0.39, 0.29) is 0 Å². The van der Waals surface area contributed by atoms with Gasteiger partial charge < -0.3 is 9.64 Å². The summed E-state index contributed by atoms with van der Waals surface area (Å²) in [6, 6.07) is 17.5. The van der Waals surface area contributed by atoms with Crippen molar-refractivity contribution in [2.45, 2.75) is 0 Å². The summed E-state index contributed by atoms with van der Waals surface area (Å²) in [5.41, 5.74) is 3.28. The highest BCUT2D eigenvalue weighted by Crippen LogP contribution is 2.17. The van der Waals surface area contributed by atoms with Gasteiger partial charge in [0.1, 0.15) is 0 Å². The van der Waals surface area contributed by atoms with Crippen LogP contribution in [-0.4, -0.2) is 26.0 Å². The average molecular weight is 318 g/mol. The number of rotatable bonds is 4. The van der Waals surface area contributed by atoms with E-state index in [1.807, 2.05) is 79.7 Å². The van der Waals surface area contributed by atoms with Crippen LogP contribution in [0, 0.1) is 0 Å². The van der Waals surface area contributed by atoms with Gasteiger partial charge in [-0.25, -0.2) is 9.79 Å². The number of hydrogen-bond acceptors (Lipinski definition) is 4. The second-order valence-corrected chi connectivity index (χ2v) is 5.57. The Bertz CT molecular complexity index is 816. The minimum absolute atomic E-state index is 0.301. The van der Waals surface area contributed by atoms with Crippen LogP contribution in [0.4, 0.5) is 5.69 Å². The van der Waals surface area contributed by atoms with E-state index in [0.29, 0.717) is 11.6 Å². The molecule has 4 heteroatoms. The highest BCUT2D eigenvalue weighted by molar-refractivity contribution is 6.11. The lowest BCUT2D eigenvalue weighted by Crippen LogP contribution is -2.07. The van der Waals surface area contributed by atoms with E-state index in [9.17, 15) is 4.79 Å². The first-order valence-corrected chi connectivity index (χ1v) is 7.65. The Labute approximate surface area is 141 Å². The van der Waals surface area contributed by atoms with Gasteiger partial charge in [-0.3, -0.25) is 0 Å². The van der Waals surface area contributed by atoms with Crippen LogP contribution in [0.2, 0.25) is 0 Å². The van der Waals surface area contributed by atoms with Crippen molar-refractivity contribution in [1.29, 1.82) is 0 Å². The maximum atomic E-state index is 11.9. The topological polar surface area (TPSA) is 41.9 Å². The monoisotopic (exact) mass is 318 g/mol. The molecule has 0 fully saturated rings. The first kappa shape index (κ1) is 15.7. The fraction of sp³-hybridized carbons (Fsp3) is 0.100. The minimum Gasteiger partial charge on any atom is -0.402 e. The lowest BCUT2D eigenvalue weighted by molar-refractivity contribution is -0.130. The molecule has 0 unspecified atom stereocenters. The molecule has 0 N–H and O–H groups in total. The van der Waals surface area contributed by atoms with Gasteiger partial charge >= 0.3 is 5.97 Å². The molecule has 0 spiro atoms. The molecule has 1 aliphatic heterocycles. The molecule has 3 rings (SSSR count). The molecule has 1 heterocycles. The number of nitrogens with zero attached hydrogens (tertiary/aromatic N) is 2. The molecule has 0 aromatic heterocycles. The molecule has 0 saturated heterocycles. The third-order valence-electron chi connectivity index (χ3n) is 3.59. The van der Waals surface area contributed by atoms with E-state index in [4.69, 9.17) is 4.74 Å². The van der Waals surface area contributed by atoms with E-state index in [0.717, 1.165) is 16.8 Å². The number of allylic oxidation sites excluding steroid dienone is 2. The number of hydrogen-bond donors (Lipinski definition) is 0. The average Bonchev–Trinajstić information content (AvgIpc) is 2.97. The number of ether oxygens (including phenoxy) is 1. The van der Waals surface area contributed by atoms with E-state index in [2.05, 4.69) is 4.99 Å². The lowest BCUT2D eigenvalue weighted by atomic mass is 10.2. The van der Waals surface area contributed by atoms with Crippen molar-refractivity contribution in [1.82, 2.24) is 0 Å². The zero-order valence-corrected chi connectivity index (χ0v) is 13.6. The largest absolute Gasteiger partial charge is 0.402 e. The van der Waals surface area contributed by atoms with Gasteiger partial charge in [0.05, 0.1) is 0 Å². The predicted molar refractivity (Wildman–Crippen MR) is 97.0 cm³/mol. The molecule has 0 saturated carbocycles. The van der Waals surface area contributed by atoms with Gasteiger partial charge in [-0.2, -0.15) is 0 Å². The molecule has 4 nitrogen and oxygen atoms in total. The van der Waals surface area contributed by atoms with Crippen LogP contribution in [0.3, 0.4) is 0 Å². The molecular weight excluding hydrogens is 300 g/mol. The summed E-state index contributed by atoms with van der Waals surface area (Å²) in [5.74, 6) is -0.0861. The first-order valence-electron chi connectivity index (χ1n) is 7.65. The van der Waals surface area contributed by atoms with Gasteiger partial charge in [-0.15, -0.1) is 0 Å². The Hall–Kier alpha value is -3.14. The van der Waals surface area contributed by atoms with E-state index >= 15 is 0 Å². The summed E-state index contributed by atoms with van der Waals surface area (Å²) in [4.78, 5) is 18.2. The molecule has 0 aliphatic carbocycles. The maximum absolute atomic E-state index is 11.9. The third kappa shape index (κ3) is 3.60. The van der Waals surface area contributed by atoms with Crippen molar-refractivity contribution in [2.75, 3.05) is 19.0 Å². The number of anilines is 1. The van der Waals surface area contributed by atoms with Gasteiger partial charge in [0.25, 0.3) is 0 Å². The molecule has 2 aromatic carbocycles. The third-order valence-corrected chi connectivity index (χ3v) is 3.59. The van der Waals surface area contributed by atoms with Gasteiger partial charge in [0, 0.05) is 25.3 Å². The van der Waals surface area contributed by atoms with Crippen LogP contribution >= 0.6 is 0 Å². The lowest BCUT2D eigenvalue weighted by Gasteiger charge is -2.11. The summed E-state index contributed by atoms with van der Waals surface area (Å²) in [5, 5.41) is 0. The number of cyclic esters (lactones) is 1. The number of benzene rings is 2. The Morgan fingerprint density at radius 2 is 1.71 bits per heavy atom. The molecule has 2 aromatic rings. The quantitative estimate of drug-likeness (QED) is 0.638. The number of aliphatic imine (C=N–C) groups is 1. The van der Waals surface area contributed by atoms with Crippen molar-refractivity contribution in [3.8, 4) is 0 Å². The summed E-state index contributed by atoms with van der Waals surface area (Å²) in [6.45, 7) is 0. The molecule has 0 amide bonds. The summed E-state index contributed by atoms with van der Waals surface area (Å²) >= 11 is 0. The Morgan fingerprint density at radius 3 is 2.38 bits per heavy atom. The molecule has 120 valence electrons. The molecule has 24 heavy (non-hydrogen) atoms. The summed E-state index contributed by atoms with van der Waals surface area (Å²) in [7, 11) is 4.01. The maximum Gasteiger partial charge on any atom is 0.363 e. The fourth-order valence-electron chi connectivity index (χ4n) is 2.26. The van der Waals surface area contributed by atoms with Crippen LogP contribution in [0.1, 0.15) is 11.1 Å². The van der Waals surface area contributed by atoms with Crippen LogP contribution < -0.4 is 4.90 Å². The molecule has 0 radical (unpaired) electrons. The predicted octanol–water partition coefficient (Wildman–Crippen LogP) is 3.65. The summed E-state index contributed by atoms with van der Waals surface area (Å²) in [6.07, 6.45) is 5.40.